The van der Waals surface area contributed by atoms with E-state index in [4.69, 9.17) is 4.98 Å². The number of nitrogens with one attached hydrogen (secondary N) is 1. The topological polar surface area (TPSA) is 70.0 Å². The van der Waals surface area contributed by atoms with Crippen molar-refractivity contribution in [3.05, 3.63) is 63.7 Å². The van der Waals surface area contributed by atoms with Gasteiger partial charge in [0.25, 0.3) is 5.56 Å². The van der Waals surface area contributed by atoms with E-state index in [0.717, 1.165) is 11.1 Å². The van der Waals surface area contributed by atoms with E-state index in [1.54, 1.807) is 25.2 Å². The zero-order valence-corrected chi connectivity index (χ0v) is 18.4. The second kappa shape index (κ2) is 7.89. The molecule has 7 heteroatoms. The smallest absolute Gasteiger partial charge is 0.261 e. The van der Waals surface area contributed by atoms with Gasteiger partial charge < -0.3 is 4.55 Å². The fraction of sp³-hybridized carbons (Fsp3) is 0.364. The van der Waals surface area contributed by atoms with Gasteiger partial charge >= 0.3 is 0 Å². The molecule has 1 aromatic heterocycles. The summed E-state index contributed by atoms with van der Waals surface area (Å²) >= 11 is -1.28. The summed E-state index contributed by atoms with van der Waals surface area (Å²) in [7, 11) is 1.63. The van der Waals surface area contributed by atoms with Crippen molar-refractivity contribution >= 4 is 22.3 Å². The van der Waals surface area contributed by atoms with Gasteiger partial charge in [0, 0.05) is 29.5 Å². The third-order valence-corrected chi connectivity index (χ3v) is 6.42. The lowest BCUT2D eigenvalue weighted by atomic mass is 10.0. The summed E-state index contributed by atoms with van der Waals surface area (Å²) in [5.41, 5.74) is 2.55. The lowest BCUT2D eigenvalue weighted by molar-refractivity contribution is 0.531. The zero-order valence-electron chi connectivity index (χ0n) is 17.5. The normalized spacial score (nSPS) is 14.2. The first-order valence-corrected chi connectivity index (χ1v) is 10.6. The molecular weight excluding hydrogens is 389 g/mol. The minimum atomic E-state index is -1.28. The van der Waals surface area contributed by atoms with Crippen LogP contribution in [-0.4, -0.2) is 18.9 Å². The molecule has 3 rings (SSSR count). The summed E-state index contributed by atoms with van der Waals surface area (Å²) in [4.78, 5) is 17.8. The Morgan fingerprint density at radius 1 is 1.24 bits per heavy atom. The van der Waals surface area contributed by atoms with Gasteiger partial charge in [-0.1, -0.05) is 18.2 Å². The van der Waals surface area contributed by atoms with Crippen molar-refractivity contribution in [3.8, 4) is 11.4 Å². The molecule has 2 unspecified atom stereocenters. The number of aromatic nitrogens is 2. The van der Waals surface area contributed by atoms with Crippen molar-refractivity contribution in [1.29, 1.82) is 0 Å². The van der Waals surface area contributed by atoms with E-state index in [-0.39, 0.29) is 11.6 Å². The van der Waals surface area contributed by atoms with Crippen LogP contribution in [0, 0.1) is 12.7 Å². The van der Waals surface area contributed by atoms with Gasteiger partial charge in [-0.25, -0.2) is 9.37 Å². The molecule has 0 amide bonds. The Morgan fingerprint density at radius 2 is 1.93 bits per heavy atom. The maximum atomic E-state index is 13.8. The number of hydrogen-bond donors (Lipinski definition) is 1. The average molecular weight is 416 g/mol. The van der Waals surface area contributed by atoms with Gasteiger partial charge in [0.1, 0.15) is 16.4 Å². The quantitative estimate of drug-likeness (QED) is 0.650. The van der Waals surface area contributed by atoms with Gasteiger partial charge in [-0.05, 0) is 58.4 Å². The van der Waals surface area contributed by atoms with E-state index < -0.39 is 21.9 Å². The number of aryl methyl sites for hydroxylation is 1. The molecule has 0 bridgehead atoms. The van der Waals surface area contributed by atoms with Crippen molar-refractivity contribution in [2.45, 2.75) is 45.4 Å². The van der Waals surface area contributed by atoms with Crippen LogP contribution in [-0.2, 0) is 18.4 Å². The van der Waals surface area contributed by atoms with Gasteiger partial charge in [-0.2, -0.15) is 0 Å². The molecule has 0 fully saturated rings. The Balaban J connectivity index is 2.22. The van der Waals surface area contributed by atoms with Crippen molar-refractivity contribution in [3.63, 3.8) is 0 Å². The van der Waals surface area contributed by atoms with Crippen LogP contribution in [0.25, 0.3) is 22.3 Å². The van der Waals surface area contributed by atoms with Gasteiger partial charge in [0.05, 0.1) is 16.9 Å². The summed E-state index contributed by atoms with van der Waals surface area (Å²) in [6.07, 6.45) is 0. The highest BCUT2D eigenvalue weighted by molar-refractivity contribution is 7.90. The molecule has 0 aliphatic heterocycles. The lowest BCUT2D eigenvalue weighted by Gasteiger charge is -2.27. The van der Waals surface area contributed by atoms with E-state index in [2.05, 4.69) is 4.72 Å². The number of nitrogens with zero attached hydrogens (tertiary/aromatic N) is 2. The summed E-state index contributed by atoms with van der Waals surface area (Å²) in [5.74, 6) is -0.00664. The molecule has 2 atom stereocenters. The van der Waals surface area contributed by atoms with E-state index in [9.17, 15) is 13.7 Å². The van der Waals surface area contributed by atoms with Crippen LogP contribution in [0.1, 0.15) is 44.9 Å². The minimum Gasteiger partial charge on any atom is -0.598 e. The number of fused-ring (bicyclic) bond motifs is 1. The Hall–Kier alpha value is -2.22. The van der Waals surface area contributed by atoms with Crippen molar-refractivity contribution in [1.82, 2.24) is 14.3 Å². The molecule has 5 nitrogen and oxygen atoms in total. The zero-order chi connectivity index (χ0) is 21.5. The predicted octanol–water partition coefficient (Wildman–Crippen LogP) is 4.16. The summed E-state index contributed by atoms with van der Waals surface area (Å²) in [6.45, 7) is 9.50. The summed E-state index contributed by atoms with van der Waals surface area (Å²) in [5, 5.41) is 0.484. The van der Waals surface area contributed by atoms with E-state index in [1.807, 2.05) is 40.7 Å². The fourth-order valence-electron chi connectivity index (χ4n) is 3.17. The van der Waals surface area contributed by atoms with Gasteiger partial charge in [-0.15, -0.1) is 4.72 Å². The first kappa shape index (κ1) is 21.5. The van der Waals surface area contributed by atoms with Crippen molar-refractivity contribution in [2.75, 3.05) is 0 Å². The molecule has 29 heavy (non-hydrogen) atoms. The predicted molar refractivity (Wildman–Crippen MR) is 117 cm³/mol. The molecule has 0 spiro atoms. The molecule has 0 saturated carbocycles. The molecule has 0 aliphatic carbocycles. The summed E-state index contributed by atoms with van der Waals surface area (Å²) in [6, 6.07) is 9.48. The molecule has 0 radical (unpaired) electrons. The molecule has 0 saturated heterocycles. The monoisotopic (exact) mass is 415 g/mol. The maximum Gasteiger partial charge on any atom is 0.261 e. The van der Waals surface area contributed by atoms with Crippen molar-refractivity contribution < 1.29 is 8.94 Å². The van der Waals surface area contributed by atoms with E-state index in [1.165, 1.54) is 16.7 Å². The van der Waals surface area contributed by atoms with Crippen LogP contribution in [0.3, 0.4) is 0 Å². The molecule has 2 aromatic carbocycles. The molecular formula is C22H26FN3O2S. The standard InChI is InChI=1S/C22H26FN3O2S/c1-13-10-17(14(2)25-29(28)22(3,4)5)19-18(11-13)21(27)26(6)20(24-19)15-8-7-9-16(23)12-15/h7-12,14,25H,1-6H3. The lowest BCUT2D eigenvalue weighted by Crippen LogP contribution is -2.40. The Labute approximate surface area is 173 Å². The van der Waals surface area contributed by atoms with Crippen LogP contribution in [0.5, 0.6) is 0 Å². The van der Waals surface area contributed by atoms with Gasteiger partial charge in [-0.3, -0.25) is 9.36 Å². The third kappa shape index (κ3) is 4.37. The summed E-state index contributed by atoms with van der Waals surface area (Å²) < 4.78 is 30.5. The van der Waals surface area contributed by atoms with Crippen LogP contribution in [0.4, 0.5) is 4.39 Å². The Bertz CT molecular complexity index is 1120. The Morgan fingerprint density at radius 3 is 2.55 bits per heavy atom. The first-order valence-electron chi connectivity index (χ1n) is 9.44. The van der Waals surface area contributed by atoms with Crippen LogP contribution < -0.4 is 10.3 Å². The van der Waals surface area contributed by atoms with E-state index in [0.29, 0.717) is 22.3 Å². The van der Waals surface area contributed by atoms with Gasteiger partial charge in [0.15, 0.2) is 0 Å². The highest BCUT2D eigenvalue weighted by Crippen LogP contribution is 2.27. The molecule has 1 N–H and O–H groups in total. The number of benzene rings is 2. The molecule has 1 heterocycles. The second-order valence-corrected chi connectivity index (χ2v) is 10.3. The SMILES string of the molecule is Cc1cc(C(C)N[S+]([O-])C(C)(C)C)c2nc(-c3cccc(F)c3)n(C)c(=O)c2c1. The van der Waals surface area contributed by atoms with E-state index >= 15 is 0 Å². The average Bonchev–Trinajstić information content (AvgIpc) is 2.63. The molecule has 154 valence electrons. The third-order valence-electron chi connectivity index (χ3n) is 4.74. The molecule has 3 aromatic rings. The van der Waals surface area contributed by atoms with Crippen LogP contribution in [0.15, 0.2) is 41.2 Å². The highest BCUT2D eigenvalue weighted by atomic mass is 32.2. The van der Waals surface area contributed by atoms with Crippen molar-refractivity contribution in [2.24, 2.45) is 7.05 Å². The van der Waals surface area contributed by atoms with Crippen LogP contribution in [0.2, 0.25) is 0 Å². The Kier molecular flexibility index (Phi) is 5.85. The van der Waals surface area contributed by atoms with Crippen LogP contribution >= 0.6 is 0 Å². The van der Waals surface area contributed by atoms with Gasteiger partial charge in [0.2, 0.25) is 0 Å². The fourth-order valence-corrected chi connectivity index (χ4v) is 3.97. The number of halogens is 1. The first-order chi connectivity index (χ1) is 13.5. The molecule has 0 aliphatic rings. The second-order valence-electron chi connectivity index (χ2n) is 8.28. The minimum absolute atomic E-state index is 0.205. The number of rotatable bonds is 4. The maximum absolute atomic E-state index is 13.8. The highest BCUT2D eigenvalue weighted by Gasteiger charge is 2.29. The number of hydrogen-bond acceptors (Lipinski definition) is 4. The largest absolute Gasteiger partial charge is 0.598 e.